The number of anilines is 4. The van der Waals surface area contributed by atoms with Crippen LogP contribution >= 0.6 is 0 Å². The first kappa shape index (κ1) is 71.4. The number of nitrogens with two attached hydrogens (primary N) is 6. The number of amides is 14. The predicted molar refractivity (Wildman–Crippen MR) is 332 cm³/mol. The monoisotopic (exact) mass is 1250 g/mol. The maximum Gasteiger partial charge on any atom is 0.312 e. The van der Waals surface area contributed by atoms with Crippen molar-refractivity contribution < 1.29 is 71.7 Å². The van der Waals surface area contributed by atoms with Crippen LogP contribution in [0.4, 0.5) is 37.1 Å². The first-order valence-electron chi connectivity index (χ1n) is 27.9. The Hall–Kier alpha value is -11.1. The molecular weight excluding hydrogens is 1180 g/mol. The molecule has 4 atom stereocenters. The molecule has 0 bridgehead atoms. The molecule has 33 heteroatoms. The van der Waals surface area contributed by atoms with E-state index in [1.54, 1.807) is 7.05 Å². The molecule has 33 nitrogen and oxygen atoms in total. The lowest BCUT2D eigenvalue weighted by molar-refractivity contribution is -0.119. The van der Waals surface area contributed by atoms with E-state index >= 15 is 0 Å². The second kappa shape index (κ2) is 36.1. The number of carbonyl (C=O) groups excluding carboxylic acids is 11. The molecule has 4 rings (SSSR count). The van der Waals surface area contributed by atoms with Crippen molar-refractivity contribution in [2.24, 2.45) is 39.4 Å². The number of aliphatic imine (C=N–C) groups is 1. The molecule has 0 aromatic heterocycles. The minimum atomic E-state index is -1.34. The average Bonchev–Trinajstić information content (AvgIpc) is 1.16. The SMILES string of the molecule is CNC(CCCNC(N)=O)C(=O)Nc1ccc(OC)c(C(=O)NC(CCCNC(N)=O)C(=O)Nc2ccc(OC)c(C(=O)NC(CCCN=C(N)N)C(=O)Nc3ccc(OC)c(C(=O)NC(CCCNC(N)=O)C(=O)Nc4ccc(OC)c(C(N)=O)c4)c3)c2)c1. The van der Waals surface area contributed by atoms with E-state index in [1.165, 1.54) is 101 Å². The van der Waals surface area contributed by atoms with Gasteiger partial charge in [-0.3, -0.25) is 43.3 Å². The number of ether oxygens (including phenoxy) is 4. The fourth-order valence-corrected chi connectivity index (χ4v) is 8.76. The summed E-state index contributed by atoms with van der Waals surface area (Å²) in [5.41, 5.74) is 32.2. The molecule has 0 saturated carbocycles. The van der Waals surface area contributed by atoms with Crippen LogP contribution in [0.1, 0.15) is 92.8 Å². The standard InChI is InChI=1S/C57H78N18O15/c1-64-38(10-6-23-66-55(61)84)50(80)69-31-15-19-43(88-3)35(27-31)47(77)75-41(13-9-25-68-57(63)86)53(83)72-33-17-21-44(89-4)36(29-33)48(78)73-39(11-7-22-65-54(59)60)52(82)71-32-16-20-45(90-5)37(28-32)49(79)74-40(12-8-24-67-56(62)85)51(81)70-30-14-18-42(87-2)34(26-30)46(58)76/h14-21,26-29,38-41,64H,6-13,22-25H2,1-5H3,(H2,58,76)(H,69,80)(H,70,81)(H,71,82)(H,72,83)(H,73,78)(H,74,79)(H,75,77)(H4,59,60,65)(H3,61,66,84)(H3,62,67,85)(H3,63,68,86). The van der Waals surface area contributed by atoms with E-state index in [-0.39, 0.29) is 139 Å². The Bertz CT molecular complexity index is 3270. The highest BCUT2D eigenvalue weighted by Gasteiger charge is 2.29. The first-order valence-corrected chi connectivity index (χ1v) is 27.9. The van der Waals surface area contributed by atoms with E-state index in [4.69, 9.17) is 53.3 Å². The number of rotatable bonds is 36. The number of urea groups is 3. The van der Waals surface area contributed by atoms with Crippen molar-refractivity contribution in [1.29, 1.82) is 0 Å². The molecule has 4 unspecified atom stereocenters. The van der Waals surface area contributed by atoms with Crippen molar-refractivity contribution in [3.63, 3.8) is 0 Å². The largest absolute Gasteiger partial charge is 0.496 e. The second-order valence-corrected chi connectivity index (χ2v) is 19.6. The highest BCUT2D eigenvalue weighted by Crippen LogP contribution is 2.28. The number of carbonyl (C=O) groups is 11. The van der Waals surface area contributed by atoms with E-state index < -0.39 is 89.5 Å². The second-order valence-electron chi connectivity index (χ2n) is 19.6. The quantitative estimate of drug-likeness (QED) is 0.0161. The summed E-state index contributed by atoms with van der Waals surface area (Å²) in [4.78, 5) is 148. The number of hydrogen-bond donors (Lipinski definition) is 17. The van der Waals surface area contributed by atoms with Crippen LogP contribution < -0.4 is 112 Å². The molecule has 0 radical (unpaired) electrons. The van der Waals surface area contributed by atoms with Crippen molar-refractivity contribution >= 4 is 94.1 Å². The third-order valence-corrected chi connectivity index (χ3v) is 13.2. The molecular formula is C57H78N18O15. The number of nitrogens with one attached hydrogen (secondary N) is 11. The fourth-order valence-electron chi connectivity index (χ4n) is 8.76. The molecule has 23 N–H and O–H groups in total. The highest BCUT2D eigenvalue weighted by molar-refractivity contribution is 6.08. The van der Waals surface area contributed by atoms with Crippen LogP contribution in [0.25, 0.3) is 0 Å². The lowest BCUT2D eigenvalue weighted by Crippen LogP contribution is -2.45. The molecule has 0 aliphatic heterocycles. The van der Waals surface area contributed by atoms with Crippen LogP contribution in [-0.4, -0.2) is 157 Å². The number of likely N-dealkylation sites (N-methyl/N-ethyl adjacent to an activating group) is 1. The van der Waals surface area contributed by atoms with Crippen LogP contribution in [0.15, 0.2) is 77.8 Å². The number of hydrogen-bond acceptors (Lipinski definition) is 17. The average molecular weight is 1260 g/mol. The lowest BCUT2D eigenvalue weighted by Gasteiger charge is -2.22. The Kier molecular flexibility index (Phi) is 28.6. The maximum atomic E-state index is 14.4. The Morgan fingerprint density at radius 1 is 0.400 bits per heavy atom. The topological polar surface area (TPSA) is 525 Å². The minimum Gasteiger partial charge on any atom is -0.496 e. The van der Waals surface area contributed by atoms with Crippen LogP contribution in [0.3, 0.4) is 0 Å². The minimum absolute atomic E-state index is 0.00840. The first-order chi connectivity index (χ1) is 42.9. The highest BCUT2D eigenvalue weighted by atomic mass is 16.5. The van der Waals surface area contributed by atoms with Crippen molar-refractivity contribution in [3.8, 4) is 23.0 Å². The number of primary amides is 4. The van der Waals surface area contributed by atoms with Gasteiger partial charge in [-0.25, -0.2) is 14.4 Å². The Labute approximate surface area is 517 Å². The van der Waals surface area contributed by atoms with E-state index in [1.807, 2.05) is 0 Å². The fraction of sp³-hybridized carbons (Fsp3) is 0.368. The van der Waals surface area contributed by atoms with Crippen LogP contribution in [0.2, 0.25) is 0 Å². The zero-order valence-electron chi connectivity index (χ0n) is 50.3. The van der Waals surface area contributed by atoms with Gasteiger partial charge in [-0.2, -0.15) is 0 Å². The van der Waals surface area contributed by atoms with Crippen LogP contribution in [0, 0.1) is 0 Å². The summed E-state index contributed by atoms with van der Waals surface area (Å²) in [5, 5.41) is 29.0. The summed E-state index contributed by atoms with van der Waals surface area (Å²) < 4.78 is 21.6. The van der Waals surface area contributed by atoms with Gasteiger partial charge in [0.25, 0.3) is 23.6 Å². The van der Waals surface area contributed by atoms with Gasteiger partial charge in [0.05, 0.1) is 56.7 Å². The van der Waals surface area contributed by atoms with Gasteiger partial charge in [-0.1, -0.05) is 0 Å². The molecule has 0 spiro atoms. The van der Waals surface area contributed by atoms with Gasteiger partial charge in [0.1, 0.15) is 41.1 Å². The predicted octanol–water partition coefficient (Wildman–Crippen LogP) is -0.0432. The maximum absolute atomic E-state index is 14.4. The third-order valence-electron chi connectivity index (χ3n) is 13.2. The number of guanidine groups is 1. The molecule has 486 valence electrons. The normalized spacial score (nSPS) is 11.9. The molecule has 0 fully saturated rings. The smallest absolute Gasteiger partial charge is 0.312 e. The van der Waals surface area contributed by atoms with Gasteiger partial charge < -0.3 is 112 Å². The number of benzene rings is 4. The van der Waals surface area contributed by atoms with Gasteiger partial charge in [0, 0.05) is 48.9 Å². The molecule has 0 aliphatic carbocycles. The molecule has 4 aromatic rings. The van der Waals surface area contributed by atoms with Crippen LogP contribution in [-0.2, 0) is 19.2 Å². The van der Waals surface area contributed by atoms with Crippen molar-refractivity contribution in [2.45, 2.75) is 75.5 Å². The molecule has 0 saturated heterocycles. The van der Waals surface area contributed by atoms with Gasteiger partial charge in [-0.15, -0.1) is 0 Å². The zero-order chi connectivity index (χ0) is 66.5. The summed E-state index contributed by atoms with van der Waals surface area (Å²) in [6, 6.07) is 9.58. The molecule has 4 aromatic carbocycles. The van der Waals surface area contributed by atoms with Gasteiger partial charge in [-0.05, 0) is 131 Å². The number of methoxy groups -OCH3 is 4. The summed E-state index contributed by atoms with van der Waals surface area (Å²) in [7, 11) is 6.80. The lowest BCUT2D eigenvalue weighted by atomic mass is 10.1. The van der Waals surface area contributed by atoms with Gasteiger partial charge in [0.2, 0.25) is 23.6 Å². The van der Waals surface area contributed by atoms with Crippen molar-refractivity contribution in [1.82, 2.24) is 37.2 Å². The van der Waals surface area contributed by atoms with Gasteiger partial charge in [0.15, 0.2) is 5.96 Å². The van der Waals surface area contributed by atoms with E-state index in [0.717, 1.165) is 0 Å². The third kappa shape index (κ3) is 23.0. The molecule has 90 heavy (non-hydrogen) atoms. The summed E-state index contributed by atoms with van der Waals surface area (Å²) in [6.07, 6.45) is 1.02. The van der Waals surface area contributed by atoms with Crippen molar-refractivity contribution in [2.75, 3.05) is 82.9 Å². The summed E-state index contributed by atoms with van der Waals surface area (Å²) in [5.74, 6) is -6.04. The van der Waals surface area contributed by atoms with Gasteiger partial charge >= 0.3 is 18.1 Å². The molecule has 14 amide bonds. The van der Waals surface area contributed by atoms with Crippen LogP contribution in [0.5, 0.6) is 23.0 Å². The van der Waals surface area contributed by atoms with E-state index in [2.05, 4.69) is 63.5 Å². The Balaban J connectivity index is 1.60. The van der Waals surface area contributed by atoms with E-state index in [9.17, 15) is 52.7 Å². The summed E-state index contributed by atoms with van der Waals surface area (Å²) >= 11 is 0. The Morgan fingerprint density at radius 3 is 0.956 bits per heavy atom. The van der Waals surface area contributed by atoms with Crippen molar-refractivity contribution in [3.05, 3.63) is 95.1 Å². The zero-order valence-corrected chi connectivity index (χ0v) is 50.3. The molecule has 0 heterocycles. The summed E-state index contributed by atoms with van der Waals surface area (Å²) in [6.45, 7) is 0.334. The Morgan fingerprint density at radius 2 is 0.678 bits per heavy atom. The van der Waals surface area contributed by atoms with E-state index in [0.29, 0.717) is 12.8 Å². The molecule has 0 aliphatic rings. The number of nitrogens with zero attached hydrogens (tertiary/aromatic N) is 1.